The molecule has 0 saturated carbocycles. The Kier molecular flexibility index (Phi) is 1.28. The zero-order valence-electron chi connectivity index (χ0n) is 6.10. The summed E-state index contributed by atoms with van der Waals surface area (Å²) in [7, 11) is 0. The third-order valence-corrected chi connectivity index (χ3v) is 1.29. The van der Waals surface area contributed by atoms with Crippen LogP contribution in [0.3, 0.4) is 0 Å². The summed E-state index contributed by atoms with van der Waals surface area (Å²) in [5, 5.41) is 0. The smallest absolute Gasteiger partial charge is 0.205 e. The molecule has 9 heavy (non-hydrogen) atoms. The van der Waals surface area contributed by atoms with Crippen molar-refractivity contribution >= 4 is 0 Å². The van der Waals surface area contributed by atoms with Crippen molar-refractivity contribution < 1.29 is 9.47 Å². The summed E-state index contributed by atoms with van der Waals surface area (Å²) in [6, 6.07) is 0. The highest BCUT2D eigenvalue weighted by Crippen LogP contribution is 2.28. The monoisotopic (exact) mass is 128 g/mol. The van der Waals surface area contributed by atoms with Gasteiger partial charge in [-0.15, -0.1) is 0 Å². The average molecular weight is 128 g/mol. The van der Waals surface area contributed by atoms with Crippen LogP contribution in [-0.2, 0) is 9.47 Å². The fraction of sp³-hybridized carbons (Fsp3) is 0.714. The SMILES string of the molecule is C=C1OC(C)(C)OC1C. The van der Waals surface area contributed by atoms with Crippen molar-refractivity contribution in [1.29, 1.82) is 0 Å². The third-order valence-electron chi connectivity index (χ3n) is 1.29. The molecule has 0 aromatic heterocycles. The molecule has 1 heterocycles. The van der Waals surface area contributed by atoms with Crippen molar-refractivity contribution in [3.8, 4) is 0 Å². The van der Waals surface area contributed by atoms with Crippen LogP contribution in [0.2, 0.25) is 0 Å². The molecule has 0 spiro atoms. The first-order chi connectivity index (χ1) is 4.01. The van der Waals surface area contributed by atoms with E-state index in [0.717, 1.165) is 5.76 Å². The maximum Gasteiger partial charge on any atom is 0.205 e. The van der Waals surface area contributed by atoms with E-state index in [1.54, 1.807) is 0 Å². The first-order valence-corrected chi connectivity index (χ1v) is 3.07. The van der Waals surface area contributed by atoms with Gasteiger partial charge in [0, 0.05) is 13.8 Å². The largest absolute Gasteiger partial charge is 0.465 e. The highest BCUT2D eigenvalue weighted by Gasteiger charge is 2.33. The van der Waals surface area contributed by atoms with Gasteiger partial charge in [-0.25, -0.2) is 0 Å². The van der Waals surface area contributed by atoms with Crippen LogP contribution in [0.5, 0.6) is 0 Å². The Balaban J connectivity index is 2.65. The van der Waals surface area contributed by atoms with Crippen molar-refractivity contribution in [3.63, 3.8) is 0 Å². The molecule has 1 atom stereocenters. The van der Waals surface area contributed by atoms with E-state index in [0.29, 0.717) is 0 Å². The van der Waals surface area contributed by atoms with E-state index in [2.05, 4.69) is 6.58 Å². The Morgan fingerprint density at radius 3 is 2.22 bits per heavy atom. The van der Waals surface area contributed by atoms with Crippen molar-refractivity contribution in [3.05, 3.63) is 12.3 Å². The normalized spacial score (nSPS) is 32.3. The molecule has 1 aliphatic rings. The van der Waals surface area contributed by atoms with Gasteiger partial charge >= 0.3 is 0 Å². The number of hydrogen-bond acceptors (Lipinski definition) is 2. The molecule has 0 aliphatic carbocycles. The fourth-order valence-corrected chi connectivity index (χ4v) is 0.914. The van der Waals surface area contributed by atoms with Crippen LogP contribution < -0.4 is 0 Å². The average Bonchev–Trinajstić information content (AvgIpc) is 1.79. The molecule has 1 aliphatic heterocycles. The highest BCUT2D eigenvalue weighted by atomic mass is 16.7. The topological polar surface area (TPSA) is 18.5 Å². The van der Waals surface area contributed by atoms with E-state index >= 15 is 0 Å². The van der Waals surface area contributed by atoms with Crippen LogP contribution in [-0.4, -0.2) is 11.9 Å². The number of rotatable bonds is 0. The van der Waals surface area contributed by atoms with E-state index in [1.807, 2.05) is 20.8 Å². The van der Waals surface area contributed by atoms with Crippen molar-refractivity contribution in [1.82, 2.24) is 0 Å². The molecule has 0 aromatic rings. The standard InChI is InChI=1S/C7H12O2/c1-5-6(2)9-7(3,4)8-5/h6H,1H2,2-4H3. The molecule has 52 valence electrons. The molecule has 1 saturated heterocycles. The van der Waals surface area contributed by atoms with E-state index in [1.165, 1.54) is 0 Å². The zero-order chi connectivity index (χ0) is 7.07. The minimum atomic E-state index is -0.462. The van der Waals surface area contributed by atoms with Gasteiger partial charge < -0.3 is 9.47 Å². The van der Waals surface area contributed by atoms with Gasteiger partial charge in [0.25, 0.3) is 0 Å². The van der Waals surface area contributed by atoms with E-state index in [9.17, 15) is 0 Å². The Bertz CT molecular complexity index is 138. The highest BCUT2D eigenvalue weighted by molar-refractivity contribution is 4.97. The Morgan fingerprint density at radius 2 is 2.11 bits per heavy atom. The lowest BCUT2D eigenvalue weighted by Gasteiger charge is -2.15. The summed E-state index contributed by atoms with van der Waals surface area (Å²) in [4.78, 5) is 0. The van der Waals surface area contributed by atoms with Gasteiger partial charge in [0.1, 0.15) is 11.9 Å². The minimum absolute atomic E-state index is 0.0417. The number of hydrogen-bond donors (Lipinski definition) is 0. The zero-order valence-corrected chi connectivity index (χ0v) is 6.10. The van der Waals surface area contributed by atoms with Crippen LogP contribution in [0.4, 0.5) is 0 Å². The van der Waals surface area contributed by atoms with Gasteiger partial charge in [0.05, 0.1) is 0 Å². The van der Waals surface area contributed by atoms with Crippen LogP contribution >= 0.6 is 0 Å². The van der Waals surface area contributed by atoms with Gasteiger partial charge in [0.2, 0.25) is 5.79 Å². The van der Waals surface area contributed by atoms with E-state index in [4.69, 9.17) is 9.47 Å². The Labute approximate surface area is 55.5 Å². The fourth-order valence-electron chi connectivity index (χ4n) is 0.914. The number of ether oxygens (including phenoxy) is 2. The van der Waals surface area contributed by atoms with Crippen LogP contribution in [0, 0.1) is 0 Å². The molecule has 1 unspecified atom stereocenters. The molecule has 0 radical (unpaired) electrons. The van der Waals surface area contributed by atoms with Crippen molar-refractivity contribution in [2.45, 2.75) is 32.7 Å². The van der Waals surface area contributed by atoms with Gasteiger partial charge in [-0.05, 0) is 6.92 Å². The second-order valence-electron chi connectivity index (χ2n) is 2.73. The predicted molar refractivity (Wildman–Crippen MR) is 34.9 cm³/mol. The maximum absolute atomic E-state index is 5.34. The van der Waals surface area contributed by atoms with Gasteiger partial charge in [-0.1, -0.05) is 6.58 Å². The molecular weight excluding hydrogens is 116 g/mol. The second-order valence-corrected chi connectivity index (χ2v) is 2.73. The molecule has 1 rings (SSSR count). The molecule has 0 aromatic carbocycles. The Hall–Kier alpha value is -0.500. The summed E-state index contributed by atoms with van der Waals surface area (Å²) >= 11 is 0. The van der Waals surface area contributed by atoms with Gasteiger partial charge in [-0.2, -0.15) is 0 Å². The van der Waals surface area contributed by atoms with Crippen LogP contribution in [0.15, 0.2) is 12.3 Å². The Morgan fingerprint density at radius 1 is 1.56 bits per heavy atom. The van der Waals surface area contributed by atoms with Crippen molar-refractivity contribution in [2.75, 3.05) is 0 Å². The minimum Gasteiger partial charge on any atom is -0.465 e. The lowest BCUT2D eigenvalue weighted by molar-refractivity contribution is -0.130. The van der Waals surface area contributed by atoms with Crippen LogP contribution in [0.25, 0.3) is 0 Å². The van der Waals surface area contributed by atoms with E-state index < -0.39 is 5.79 Å². The second kappa shape index (κ2) is 1.74. The van der Waals surface area contributed by atoms with Gasteiger partial charge in [0.15, 0.2) is 0 Å². The quantitative estimate of drug-likeness (QED) is 0.494. The molecule has 1 fully saturated rings. The molecule has 0 N–H and O–H groups in total. The van der Waals surface area contributed by atoms with E-state index in [-0.39, 0.29) is 6.10 Å². The summed E-state index contributed by atoms with van der Waals surface area (Å²) < 4.78 is 10.6. The molecule has 0 amide bonds. The van der Waals surface area contributed by atoms with Crippen LogP contribution in [0.1, 0.15) is 20.8 Å². The first-order valence-electron chi connectivity index (χ1n) is 3.07. The molecule has 0 bridgehead atoms. The van der Waals surface area contributed by atoms with Crippen molar-refractivity contribution in [2.24, 2.45) is 0 Å². The first kappa shape index (κ1) is 6.62. The maximum atomic E-state index is 5.34. The molecule has 2 heteroatoms. The third kappa shape index (κ3) is 1.24. The predicted octanol–water partition coefficient (Wildman–Crippen LogP) is 1.67. The molecular formula is C7H12O2. The summed E-state index contributed by atoms with van der Waals surface area (Å²) in [5.41, 5.74) is 0. The summed E-state index contributed by atoms with van der Waals surface area (Å²) in [6.07, 6.45) is 0.0417. The summed E-state index contributed by atoms with van der Waals surface area (Å²) in [5.74, 6) is 0.260. The lowest BCUT2D eigenvalue weighted by atomic mass is 10.4. The summed E-state index contributed by atoms with van der Waals surface area (Å²) in [6.45, 7) is 9.36. The van der Waals surface area contributed by atoms with Gasteiger partial charge in [-0.3, -0.25) is 0 Å². The lowest BCUT2D eigenvalue weighted by Crippen LogP contribution is -2.20. The molecule has 2 nitrogen and oxygen atoms in total.